The number of ether oxygens (including phenoxy) is 2. The lowest BCUT2D eigenvalue weighted by molar-refractivity contribution is 0.101. The summed E-state index contributed by atoms with van der Waals surface area (Å²) in [7, 11) is 3.13. The lowest BCUT2D eigenvalue weighted by Crippen LogP contribution is -2.06. The van der Waals surface area contributed by atoms with Crippen LogP contribution in [0, 0.1) is 0 Å². The van der Waals surface area contributed by atoms with Gasteiger partial charge in [0.25, 0.3) is 0 Å². The van der Waals surface area contributed by atoms with Crippen molar-refractivity contribution in [3.05, 3.63) is 22.2 Å². The lowest BCUT2D eigenvalue weighted by Gasteiger charge is -2.11. The van der Waals surface area contributed by atoms with Gasteiger partial charge in [0.1, 0.15) is 11.5 Å². The van der Waals surface area contributed by atoms with Crippen molar-refractivity contribution in [2.75, 3.05) is 25.7 Å². The van der Waals surface area contributed by atoms with Gasteiger partial charge in [-0.3, -0.25) is 4.79 Å². The number of Topliss-reactive ketones (excluding diaryl/α,β-unsaturated/α-hetero) is 1. The van der Waals surface area contributed by atoms with E-state index in [0.717, 1.165) is 10.2 Å². The molecule has 0 heterocycles. The molecule has 0 atom stereocenters. The maximum atomic E-state index is 12.0. The van der Waals surface area contributed by atoms with E-state index in [1.54, 1.807) is 38.1 Å². The molecule has 0 aliphatic carbocycles. The maximum absolute atomic E-state index is 12.0. The van der Waals surface area contributed by atoms with Crippen LogP contribution < -0.4 is 9.47 Å². The summed E-state index contributed by atoms with van der Waals surface area (Å²) in [5.41, 5.74) is 0.584. The number of methoxy groups -OCH3 is 2. The van der Waals surface area contributed by atoms with Gasteiger partial charge in [-0.2, -0.15) is 11.8 Å². The minimum absolute atomic E-state index is 0.0667. The fourth-order valence-electron chi connectivity index (χ4n) is 1.35. The van der Waals surface area contributed by atoms with Crippen LogP contribution in [0.1, 0.15) is 17.3 Å². The van der Waals surface area contributed by atoms with Crippen molar-refractivity contribution in [1.82, 2.24) is 0 Å². The van der Waals surface area contributed by atoms with Gasteiger partial charge in [-0.1, -0.05) is 6.92 Å². The first-order valence-electron chi connectivity index (χ1n) is 5.16. The van der Waals surface area contributed by atoms with E-state index in [2.05, 4.69) is 15.9 Å². The van der Waals surface area contributed by atoms with E-state index in [-0.39, 0.29) is 5.78 Å². The summed E-state index contributed by atoms with van der Waals surface area (Å²) < 4.78 is 11.1. The van der Waals surface area contributed by atoms with Crippen LogP contribution in [0.25, 0.3) is 0 Å². The van der Waals surface area contributed by atoms with Gasteiger partial charge < -0.3 is 9.47 Å². The zero-order valence-electron chi connectivity index (χ0n) is 10.1. The second kappa shape index (κ2) is 6.91. The molecule has 1 aromatic carbocycles. The van der Waals surface area contributed by atoms with Gasteiger partial charge in [-0.05, 0) is 27.7 Å². The third kappa shape index (κ3) is 3.64. The highest BCUT2D eigenvalue weighted by Crippen LogP contribution is 2.33. The molecule has 0 saturated heterocycles. The van der Waals surface area contributed by atoms with Crippen molar-refractivity contribution in [1.29, 1.82) is 0 Å². The van der Waals surface area contributed by atoms with Crippen LogP contribution in [0.15, 0.2) is 16.6 Å². The number of carbonyl (C=O) groups is 1. The summed E-state index contributed by atoms with van der Waals surface area (Å²) in [5.74, 6) is 2.65. The van der Waals surface area contributed by atoms with Crippen LogP contribution in [-0.2, 0) is 0 Å². The third-order valence-electron chi connectivity index (χ3n) is 2.21. The molecule has 0 saturated carbocycles. The Morgan fingerprint density at radius 2 is 1.94 bits per heavy atom. The SMILES string of the molecule is CCSCC(=O)c1cc(Br)c(OC)cc1OC. The van der Waals surface area contributed by atoms with E-state index >= 15 is 0 Å². The molecule has 0 spiro atoms. The van der Waals surface area contributed by atoms with Crippen molar-refractivity contribution in [2.45, 2.75) is 6.92 Å². The zero-order chi connectivity index (χ0) is 12.8. The molecule has 0 radical (unpaired) electrons. The Hall–Kier alpha value is -0.680. The van der Waals surface area contributed by atoms with Crippen LogP contribution in [0.3, 0.4) is 0 Å². The van der Waals surface area contributed by atoms with Crippen LogP contribution >= 0.6 is 27.7 Å². The minimum atomic E-state index is 0.0667. The number of halogens is 1. The number of carbonyl (C=O) groups excluding carboxylic acids is 1. The van der Waals surface area contributed by atoms with Gasteiger partial charge in [-0.25, -0.2) is 0 Å². The Morgan fingerprint density at radius 1 is 1.29 bits per heavy atom. The molecular formula is C12H15BrO3S. The van der Waals surface area contributed by atoms with E-state index in [9.17, 15) is 4.79 Å². The molecule has 0 unspecified atom stereocenters. The van der Waals surface area contributed by atoms with Gasteiger partial charge in [-0.15, -0.1) is 0 Å². The summed E-state index contributed by atoms with van der Waals surface area (Å²) in [6, 6.07) is 3.46. The maximum Gasteiger partial charge on any atom is 0.176 e. The Bertz CT molecular complexity index is 407. The minimum Gasteiger partial charge on any atom is -0.496 e. The number of hydrogen-bond donors (Lipinski definition) is 0. The average molecular weight is 319 g/mol. The number of benzene rings is 1. The van der Waals surface area contributed by atoms with Crippen molar-refractivity contribution >= 4 is 33.5 Å². The predicted octanol–water partition coefficient (Wildman–Crippen LogP) is 3.40. The van der Waals surface area contributed by atoms with Crippen molar-refractivity contribution in [2.24, 2.45) is 0 Å². The van der Waals surface area contributed by atoms with Crippen molar-refractivity contribution < 1.29 is 14.3 Å². The molecule has 3 nitrogen and oxygen atoms in total. The van der Waals surface area contributed by atoms with Gasteiger partial charge in [0, 0.05) is 6.07 Å². The molecule has 0 fully saturated rings. The number of thioether (sulfide) groups is 1. The molecule has 0 amide bonds. The van der Waals surface area contributed by atoms with E-state index in [1.807, 2.05) is 6.92 Å². The van der Waals surface area contributed by atoms with Gasteiger partial charge in [0.05, 0.1) is 30.0 Å². The van der Waals surface area contributed by atoms with E-state index in [1.165, 1.54) is 0 Å². The second-order valence-corrected chi connectivity index (χ2v) is 5.38. The quantitative estimate of drug-likeness (QED) is 0.753. The standard InChI is InChI=1S/C12H15BrO3S/c1-4-17-7-10(14)8-5-9(13)12(16-3)6-11(8)15-2/h5-6H,4,7H2,1-3H3. The molecule has 5 heteroatoms. The van der Waals surface area contributed by atoms with E-state index in [0.29, 0.717) is 22.8 Å². The van der Waals surface area contributed by atoms with Crippen molar-refractivity contribution in [3.63, 3.8) is 0 Å². The number of hydrogen-bond acceptors (Lipinski definition) is 4. The fourth-order valence-corrected chi connectivity index (χ4v) is 2.40. The van der Waals surface area contributed by atoms with Gasteiger partial charge >= 0.3 is 0 Å². The van der Waals surface area contributed by atoms with Gasteiger partial charge in [0.15, 0.2) is 5.78 Å². The summed E-state index contributed by atoms with van der Waals surface area (Å²) in [5, 5.41) is 0. The number of ketones is 1. The summed E-state index contributed by atoms with van der Waals surface area (Å²) in [6.07, 6.45) is 0. The second-order valence-electron chi connectivity index (χ2n) is 3.25. The van der Waals surface area contributed by atoms with E-state index < -0.39 is 0 Å². The monoisotopic (exact) mass is 318 g/mol. The highest BCUT2D eigenvalue weighted by Gasteiger charge is 2.15. The molecule has 1 rings (SSSR count). The summed E-state index contributed by atoms with van der Waals surface area (Å²) in [4.78, 5) is 12.0. The first-order chi connectivity index (χ1) is 8.13. The zero-order valence-corrected chi connectivity index (χ0v) is 12.5. The first-order valence-corrected chi connectivity index (χ1v) is 7.11. The summed E-state index contributed by atoms with van der Waals surface area (Å²) in [6.45, 7) is 2.03. The molecule has 0 aromatic heterocycles. The molecule has 0 aliphatic heterocycles. The average Bonchev–Trinajstić information content (AvgIpc) is 2.35. The fraction of sp³-hybridized carbons (Fsp3) is 0.417. The van der Waals surface area contributed by atoms with Gasteiger partial charge in [0.2, 0.25) is 0 Å². The van der Waals surface area contributed by atoms with Crippen molar-refractivity contribution in [3.8, 4) is 11.5 Å². The highest BCUT2D eigenvalue weighted by molar-refractivity contribution is 9.10. The molecule has 0 N–H and O–H groups in total. The van der Waals surface area contributed by atoms with Crippen LogP contribution in [0.5, 0.6) is 11.5 Å². The van der Waals surface area contributed by atoms with Crippen LogP contribution in [-0.4, -0.2) is 31.5 Å². The van der Waals surface area contributed by atoms with Crippen LogP contribution in [0.2, 0.25) is 0 Å². The number of rotatable bonds is 6. The first kappa shape index (κ1) is 14.4. The molecule has 1 aromatic rings. The Morgan fingerprint density at radius 3 is 2.47 bits per heavy atom. The predicted molar refractivity (Wildman–Crippen MR) is 74.6 cm³/mol. The third-order valence-corrected chi connectivity index (χ3v) is 3.71. The van der Waals surface area contributed by atoms with Crippen LogP contribution in [0.4, 0.5) is 0 Å². The topological polar surface area (TPSA) is 35.5 Å². The molecule has 94 valence electrons. The smallest absolute Gasteiger partial charge is 0.176 e. The largest absolute Gasteiger partial charge is 0.496 e. The Labute approximate surface area is 114 Å². The molecule has 0 aliphatic rings. The molecule has 17 heavy (non-hydrogen) atoms. The molecule has 0 bridgehead atoms. The Balaban J connectivity index is 3.05. The normalized spacial score (nSPS) is 10.1. The summed E-state index contributed by atoms with van der Waals surface area (Å²) >= 11 is 4.96. The molecular weight excluding hydrogens is 304 g/mol. The van der Waals surface area contributed by atoms with E-state index in [4.69, 9.17) is 9.47 Å². The highest BCUT2D eigenvalue weighted by atomic mass is 79.9. The lowest BCUT2D eigenvalue weighted by atomic mass is 10.1. The Kier molecular flexibility index (Phi) is 5.85.